The van der Waals surface area contributed by atoms with Gasteiger partial charge in [-0.2, -0.15) is 0 Å². The van der Waals surface area contributed by atoms with Crippen LogP contribution >= 0.6 is 0 Å². The fourth-order valence-corrected chi connectivity index (χ4v) is 2.36. The first-order valence-electron chi connectivity index (χ1n) is 6.38. The van der Waals surface area contributed by atoms with Crippen molar-refractivity contribution in [1.82, 2.24) is 0 Å². The molecule has 94 valence electrons. The molecule has 0 spiro atoms. The topological polar surface area (TPSA) is 0 Å². The van der Waals surface area contributed by atoms with Crippen LogP contribution in [-0.4, -0.2) is 0 Å². The van der Waals surface area contributed by atoms with Crippen molar-refractivity contribution in [3.8, 4) is 0 Å². The third kappa shape index (κ3) is 3.46. The second-order valence-corrected chi connectivity index (χ2v) is 6.59. The molecule has 0 aliphatic carbocycles. The van der Waals surface area contributed by atoms with Gasteiger partial charge < -0.3 is 0 Å². The van der Waals surface area contributed by atoms with Crippen LogP contribution in [0, 0.1) is 12.3 Å². The molecule has 0 saturated carbocycles. The van der Waals surface area contributed by atoms with E-state index in [1.807, 2.05) is 0 Å². The van der Waals surface area contributed by atoms with Crippen molar-refractivity contribution < 1.29 is 0 Å². The number of allylic oxidation sites excluding steroid dienone is 1. The van der Waals surface area contributed by atoms with Crippen LogP contribution in [0.3, 0.4) is 0 Å². The molecule has 0 aliphatic rings. The van der Waals surface area contributed by atoms with Crippen molar-refractivity contribution in [3.05, 3.63) is 47.5 Å². The van der Waals surface area contributed by atoms with Crippen LogP contribution in [0.5, 0.6) is 0 Å². The van der Waals surface area contributed by atoms with Gasteiger partial charge in [0, 0.05) is 0 Å². The Morgan fingerprint density at radius 2 is 1.53 bits per heavy atom. The minimum Gasteiger partial charge on any atom is -0.0996 e. The molecule has 1 aromatic rings. The van der Waals surface area contributed by atoms with E-state index in [2.05, 4.69) is 72.4 Å². The van der Waals surface area contributed by atoms with E-state index in [-0.39, 0.29) is 10.8 Å². The third-order valence-corrected chi connectivity index (χ3v) is 3.87. The molecule has 0 heteroatoms. The molecule has 0 bridgehead atoms. The lowest BCUT2D eigenvalue weighted by atomic mass is 9.69. The van der Waals surface area contributed by atoms with Crippen molar-refractivity contribution in [2.45, 2.75) is 53.4 Å². The Kier molecular flexibility index (Phi) is 3.86. The molecule has 0 saturated heterocycles. The van der Waals surface area contributed by atoms with E-state index in [4.69, 9.17) is 0 Å². The minimum atomic E-state index is 0.189. The summed E-state index contributed by atoms with van der Waals surface area (Å²) >= 11 is 0. The highest BCUT2D eigenvalue weighted by atomic mass is 14.3. The van der Waals surface area contributed by atoms with Gasteiger partial charge in [0.05, 0.1) is 0 Å². The van der Waals surface area contributed by atoms with E-state index in [1.54, 1.807) is 0 Å². The van der Waals surface area contributed by atoms with Gasteiger partial charge in [0.2, 0.25) is 0 Å². The number of aryl methyl sites for hydroxylation is 1. The Bertz CT molecular complexity index is 391. The van der Waals surface area contributed by atoms with Crippen LogP contribution in [0.2, 0.25) is 0 Å². The summed E-state index contributed by atoms with van der Waals surface area (Å²) in [6.45, 7) is 17.6. The fraction of sp³-hybridized carbons (Fsp3) is 0.529. The van der Waals surface area contributed by atoms with E-state index in [1.165, 1.54) is 16.7 Å². The maximum Gasteiger partial charge on any atom is -0.00954 e. The molecule has 0 radical (unpaired) electrons. The predicted molar refractivity (Wildman–Crippen MR) is 77.4 cm³/mol. The zero-order valence-corrected chi connectivity index (χ0v) is 12.2. The normalized spacial score (nSPS) is 12.6. The second-order valence-electron chi connectivity index (χ2n) is 6.59. The van der Waals surface area contributed by atoms with Crippen LogP contribution in [0.4, 0.5) is 0 Å². The summed E-state index contributed by atoms with van der Waals surface area (Å²) in [4.78, 5) is 0. The van der Waals surface area contributed by atoms with Gasteiger partial charge in [-0.3, -0.25) is 0 Å². The molecule has 0 aromatic heterocycles. The van der Waals surface area contributed by atoms with Crippen molar-refractivity contribution >= 4 is 0 Å². The highest BCUT2D eigenvalue weighted by Gasteiger charge is 2.30. The van der Waals surface area contributed by atoms with Gasteiger partial charge in [-0.1, -0.05) is 69.7 Å². The Hall–Kier alpha value is -1.04. The van der Waals surface area contributed by atoms with Crippen LogP contribution < -0.4 is 0 Å². The highest BCUT2D eigenvalue weighted by molar-refractivity contribution is 5.28. The van der Waals surface area contributed by atoms with Gasteiger partial charge >= 0.3 is 0 Å². The van der Waals surface area contributed by atoms with E-state index >= 15 is 0 Å². The molecule has 0 amide bonds. The molecule has 0 heterocycles. The summed E-state index contributed by atoms with van der Waals surface area (Å²) in [5.41, 5.74) is 4.38. The van der Waals surface area contributed by atoms with Gasteiger partial charge in [-0.25, -0.2) is 0 Å². The van der Waals surface area contributed by atoms with Crippen LogP contribution in [0.15, 0.2) is 36.4 Å². The van der Waals surface area contributed by atoms with Gasteiger partial charge in [0.25, 0.3) is 0 Å². The Labute approximate surface area is 107 Å². The largest absolute Gasteiger partial charge is 0.0996 e. The van der Waals surface area contributed by atoms with E-state index < -0.39 is 0 Å². The summed E-state index contributed by atoms with van der Waals surface area (Å²) in [6, 6.07) is 8.91. The first kappa shape index (κ1) is 14.0. The maximum absolute atomic E-state index is 4.12. The average molecular weight is 230 g/mol. The zero-order valence-electron chi connectivity index (χ0n) is 12.2. The standard InChI is InChI=1S/C17H26/c1-13(2)16(4,5)12-17(6,7)15-10-8-14(3)9-11-15/h8-11H,1,12H2,2-7H3. The Morgan fingerprint density at radius 1 is 1.06 bits per heavy atom. The number of rotatable bonds is 4. The smallest absolute Gasteiger partial charge is 0.00954 e. The minimum absolute atomic E-state index is 0.189. The lowest BCUT2D eigenvalue weighted by molar-refractivity contribution is 0.305. The van der Waals surface area contributed by atoms with E-state index in [9.17, 15) is 0 Å². The first-order chi connectivity index (χ1) is 7.65. The molecule has 0 N–H and O–H groups in total. The average Bonchev–Trinajstić information content (AvgIpc) is 2.16. The Balaban J connectivity index is 2.96. The third-order valence-electron chi connectivity index (χ3n) is 3.87. The Morgan fingerprint density at radius 3 is 1.94 bits per heavy atom. The van der Waals surface area contributed by atoms with Crippen molar-refractivity contribution in [3.63, 3.8) is 0 Å². The lowest BCUT2D eigenvalue weighted by Gasteiger charge is -2.36. The SMILES string of the molecule is C=C(C)C(C)(C)CC(C)(C)c1ccc(C)cc1. The van der Waals surface area contributed by atoms with Gasteiger partial charge in [0.15, 0.2) is 0 Å². The zero-order chi connectivity index (χ0) is 13.3. The molecule has 17 heavy (non-hydrogen) atoms. The van der Waals surface area contributed by atoms with E-state index in [0.717, 1.165) is 6.42 Å². The molecule has 0 aliphatic heterocycles. The molecule has 1 aromatic carbocycles. The second kappa shape index (κ2) is 4.68. The molecule has 0 unspecified atom stereocenters. The summed E-state index contributed by atoms with van der Waals surface area (Å²) in [5, 5.41) is 0. The molecular formula is C17H26. The van der Waals surface area contributed by atoms with Crippen molar-refractivity contribution in [2.24, 2.45) is 5.41 Å². The van der Waals surface area contributed by atoms with Crippen LogP contribution in [-0.2, 0) is 5.41 Å². The van der Waals surface area contributed by atoms with Crippen LogP contribution in [0.25, 0.3) is 0 Å². The molecular weight excluding hydrogens is 204 g/mol. The van der Waals surface area contributed by atoms with Gasteiger partial charge in [0.1, 0.15) is 0 Å². The predicted octanol–water partition coefficient (Wildman–Crippen LogP) is 5.27. The summed E-state index contributed by atoms with van der Waals surface area (Å²) < 4.78 is 0. The quantitative estimate of drug-likeness (QED) is 0.618. The van der Waals surface area contributed by atoms with Gasteiger partial charge in [-0.15, -0.1) is 0 Å². The van der Waals surface area contributed by atoms with Crippen molar-refractivity contribution in [1.29, 1.82) is 0 Å². The maximum atomic E-state index is 4.12. The number of hydrogen-bond acceptors (Lipinski definition) is 0. The molecule has 0 atom stereocenters. The molecule has 0 fully saturated rings. The summed E-state index contributed by atoms with van der Waals surface area (Å²) in [5.74, 6) is 0. The summed E-state index contributed by atoms with van der Waals surface area (Å²) in [7, 11) is 0. The number of benzene rings is 1. The lowest BCUT2D eigenvalue weighted by Crippen LogP contribution is -2.27. The fourth-order valence-electron chi connectivity index (χ4n) is 2.36. The molecule has 0 nitrogen and oxygen atoms in total. The molecule has 1 rings (SSSR count). The van der Waals surface area contributed by atoms with E-state index in [0.29, 0.717) is 0 Å². The van der Waals surface area contributed by atoms with Gasteiger partial charge in [-0.05, 0) is 36.7 Å². The monoisotopic (exact) mass is 230 g/mol. The van der Waals surface area contributed by atoms with Crippen LogP contribution in [0.1, 0.15) is 52.2 Å². The number of hydrogen-bond donors (Lipinski definition) is 0. The summed E-state index contributed by atoms with van der Waals surface area (Å²) in [6.07, 6.45) is 1.12. The van der Waals surface area contributed by atoms with Crippen molar-refractivity contribution in [2.75, 3.05) is 0 Å². The highest BCUT2D eigenvalue weighted by Crippen LogP contribution is 2.40. The first-order valence-corrected chi connectivity index (χ1v) is 6.38.